The summed E-state index contributed by atoms with van der Waals surface area (Å²) in [4.78, 5) is 2.46. The van der Waals surface area contributed by atoms with Crippen LogP contribution in [-0.2, 0) is 0 Å². The predicted molar refractivity (Wildman–Crippen MR) is 69.3 cm³/mol. The molecule has 0 heterocycles. The zero-order valence-electron chi connectivity index (χ0n) is 11.7. The molecular weight excluding hydrogens is 184 g/mol. The first kappa shape index (κ1) is 14.9. The molecule has 0 spiro atoms. The van der Waals surface area contributed by atoms with E-state index in [1.54, 1.807) is 0 Å². The molecule has 1 unspecified atom stereocenters. The summed E-state index contributed by atoms with van der Waals surface area (Å²) in [5.74, 6) is 0. The zero-order valence-corrected chi connectivity index (χ0v) is 11.7. The fourth-order valence-corrected chi connectivity index (χ4v) is 1.68. The average Bonchev–Trinajstić information content (AvgIpc) is 2.13. The molecule has 0 aliphatic heterocycles. The Morgan fingerprint density at radius 1 is 1.20 bits per heavy atom. The molecule has 0 aromatic carbocycles. The lowest BCUT2D eigenvalue weighted by Crippen LogP contribution is -2.43. The summed E-state index contributed by atoms with van der Waals surface area (Å²) < 4.78 is 0. The van der Waals surface area contributed by atoms with Crippen molar-refractivity contribution in [1.29, 1.82) is 0 Å². The van der Waals surface area contributed by atoms with Crippen LogP contribution in [0.3, 0.4) is 0 Å². The van der Waals surface area contributed by atoms with Gasteiger partial charge >= 0.3 is 0 Å². The fourth-order valence-electron chi connectivity index (χ4n) is 1.68. The van der Waals surface area contributed by atoms with Crippen LogP contribution >= 0.6 is 0 Å². The Kier molecular flexibility index (Phi) is 6.46. The first-order valence-corrected chi connectivity index (χ1v) is 6.22. The van der Waals surface area contributed by atoms with E-state index in [9.17, 15) is 0 Å². The van der Waals surface area contributed by atoms with Crippen molar-refractivity contribution in [2.24, 2.45) is 5.41 Å². The fraction of sp³-hybridized carbons (Fsp3) is 1.00. The summed E-state index contributed by atoms with van der Waals surface area (Å²) in [5.41, 5.74) is 0.350. The van der Waals surface area contributed by atoms with Crippen LogP contribution in [0, 0.1) is 5.41 Å². The summed E-state index contributed by atoms with van der Waals surface area (Å²) in [6, 6.07) is 1.27. The van der Waals surface area contributed by atoms with E-state index in [2.05, 4.69) is 58.8 Å². The molecule has 92 valence electrons. The van der Waals surface area contributed by atoms with Crippen molar-refractivity contribution in [1.82, 2.24) is 10.2 Å². The van der Waals surface area contributed by atoms with Crippen LogP contribution < -0.4 is 5.32 Å². The first-order chi connectivity index (χ1) is 6.78. The number of nitrogens with zero attached hydrogens (tertiary/aromatic N) is 1. The highest BCUT2D eigenvalue weighted by atomic mass is 15.1. The van der Waals surface area contributed by atoms with E-state index in [-0.39, 0.29) is 0 Å². The standard InChI is InChI=1S/C13H30N2/c1-8-12(4)15(7)10-13(5,6)9-14-11(2)3/h11-12,14H,8-10H2,1-7H3. The van der Waals surface area contributed by atoms with Gasteiger partial charge in [0.2, 0.25) is 0 Å². The van der Waals surface area contributed by atoms with E-state index in [4.69, 9.17) is 0 Å². The number of nitrogens with one attached hydrogen (secondary N) is 1. The molecule has 0 amide bonds. The summed E-state index contributed by atoms with van der Waals surface area (Å²) in [7, 11) is 2.23. The highest BCUT2D eigenvalue weighted by molar-refractivity contribution is 4.77. The molecule has 0 fully saturated rings. The van der Waals surface area contributed by atoms with Crippen molar-refractivity contribution in [3.8, 4) is 0 Å². The molecule has 0 rings (SSSR count). The Labute approximate surface area is 96.4 Å². The molecule has 2 heteroatoms. The van der Waals surface area contributed by atoms with Gasteiger partial charge in [0.05, 0.1) is 0 Å². The van der Waals surface area contributed by atoms with Gasteiger partial charge in [-0.15, -0.1) is 0 Å². The average molecular weight is 214 g/mol. The highest BCUT2D eigenvalue weighted by Gasteiger charge is 2.21. The Hall–Kier alpha value is -0.0800. The SMILES string of the molecule is CCC(C)N(C)CC(C)(C)CNC(C)C. The van der Waals surface area contributed by atoms with Gasteiger partial charge in [0.25, 0.3) is 0 Å². The van der Waals surface area contributed by atoms with Crippen LogP contribution in [0.2, 0.25) is 0 Å². The van der Waals surface area contributed by atoms with Gasteiger partial charge in [-0.1, -0.05) is 34.6 Å². The zero-order chi connectivity index (χ0) is 12.1. The predicted octanol–water partition coefficient (Wildman–Crippen LogP) is 2.74. The van der Waals surface area contributed by atoms with Crippen molar-refractivity contribution in [3.05, 3.63) is 0 Å². The Morgan fingerprint density at radius 2 is 1.73 bits per heavy atom. The van der Waals surface area contributed by atoms with Gasteiger partial charge in [-0.05, 0) is 25.8 Å². The minimum absolute atomic E-state index is 0.350. The van der Waals surface area contributed by atoms with E-state index in [1.807, 2.05) is 0 Å². The second-order valence-electron chi connectivity index (χ2n) is 5.87. The summed E-state index contributed by atoms with van der Waals surface area (Å²) >= 11 is 0. The molecule has 15 heavy (non-hydrogen) atoms. The quantitative estimate of drug-likeness (QED) is 0.701. The van der Waals surface area contributed by atoms with Crippen molar-refractivity contribution >= 4 is 0 Å². The van der Waals surface area contributed by atoms with Crippen LogP contribution in [-0.4, -0.2) is 37.1 Å². The van der Waals surface area contributed by atoms with Crippen molar-refractivity contribution < 1.29 is 0 Å². The molecule has 0 saturated carbocycles. The Bertz CT molecular complexity index is 164. The first-order valence-electron chi connectivity index (χ1n) is 6.22. The van der Waals surface area contributed by atoms with Crippen LogP contribution in [0.4, 0.5) is 0 Å². The molecule has 1 N–H and O–H groups in total. The molecule has 0 aromatic heterocycles. The van der Waals surface area contributed by atoms with Crippen LogP contribution in [0.5, 0.6) is 0 Å². The molecular formula is C13H30N2. The Balaban J connectivity index is 4.00. The van der Waals surface area contributed by atoms with Gasteiger partial charge in [-0.2, -0.15) is 0 Å². The molecule has 0 aliphatic carbocycles. The maximum Gasteiger partial charge on any atom is 0.00614 e. The van der Waals surface area contributed by atoms with E-state index < -0.39 is 0 Å². The minimum atomic E-state index is 0.350. The van der Waals surface area contributed by atoms with Gasteiger partial charge in [0.1, 0.15) is 0 Å². The van der Waals surface area contributed by atoms with Crippen LogP contribution in [0.1, 0.15) is 48.0 Å². The van der Waals surface area contributed by atoms with Crippen molar-refractivity contribution in [2.75, 3.05) is 20.1 Å². The monoisotopic (exact) mass is 214 g/mol. The molecule has 0 bridgehead atoms. The van der Waals surface area contributed by atoms with Gasteiger partial charge in [-0.25, -0.2) is 0 Å². The topological polar surface area (TPSA) is 15.3 Å². The van der Waals surface area contributed by atoms with Gasteiger partial charge < -0.3 is 10.2 Å². The lowest BCUT2D eigenvalue weighted by atomic mass is 9.92. The van der Waals surface area contributed by atoms with Crippen molar-refractivity contribution in [2.45, 2.75) is 60.0 Å². The minimum Gasteiger partial charge on any atom is -0.314 e. The van der Waals surface area contributed by atoms with Crippen molar-refractivity contribution in [3.63, 3.8) is 0 Å². The molecule has 0 radical (unpaired) electrons. The third-order valence-corrected chi connectivity index (χ3v) is 3.01. The van der Waals surface area contributed by atoms with Gasteiger partial charge in [-0.3, -0.25) is 0 Å². The summed E-state index contributed by atoms with van der Waals surface area (Å²) in [6.45, 7) is 15.9. The van der Waals surface area contributed by atoms with E-state index in [0.29, 0.717) is 17.5 Å². The molecule has 0 aliphatic rings. The molecule has 0 saturated heterocycles. The van der Waals surface area contributed by atoms with E-state index in [1.165, 1.54) is 6.42 Å². The third kappa shape index (κ3) is 6.91. The van der Waals surface area contributed by atoms with Gasteiger partial charge in [0.15, 0.2) is 0 Å². The van der Waals surface area contributed by atoms with E-state index in [0.717, 1.165) is 13.1 Å². The Morgan fingerprint density at radius 3 is 2.13 bits per heavy atom. The smallest absolute Gasteiger partial charge is 0.00614 e. The molecule has 2 nitrogen and oxygen atoms in total. The second kappa shape index (κ2) is 6.49. The van der Waals surface area contributed by atoms with Gasteiger partial charge in [0, 0.05) is 25.2 Å². The summed E-state index contributed by atoms with van der Waals surface area (Å²) in [6.07, 6.45) is 1.23. The molecule has 0 aromatic rings. The van der Waals surface area contributed by atoms with E-state index >= 15 is 0 Å². The lowest BCUT2D eigenvalue weighted by molar-refractivity contribution is 0.160. The normalized spacial score (nSPS) is 15.0. The number of hydrogen-bond donors (Lipinski definition) is 1. The second-order valence-corrected chi connectivity index (χ2v) is 5.87. The van der Waals surface area contributed by atoms with Crippen LogP contribution in [0.15, 0.2) is 0 Å². The van der Waals surface area contributed by atoms with Crippen LogP contribution in [0.25, 0.3) is 0 Å². The molecule has 1 atom stereocenters. The number of hydrogen-bond acceptors (Lipinski definition) is 2. The largest absolute Gasteiger partial charge is 0.314 e. The number of rotatable bonds is 7. The highest BCUT2D eigenvalue weighted by Crippen LogP contribution is 2.17. The maximum atomic E-state index is 3.52. The third-order valence-electron chi connectivity index (χ3n) is 3.01. The maximum absolute atomic E-state index is 3.52. The summed E-state index contributed by atoms with van der Waals surface area (Å²) in [5, 5.41) is 3.52. The lowest BCUT2D eigenvalue weighted by Gasteiger charge is -2.34.